The normalized spacial score (nSPS) is 19.1. The summed E-state index contributed by atoms with van der Waals surface area (Å²) in [5.41, 5.74) is 1.33. The van der Waals surface area contributed by atoms with Crippen molar-refractivity contribution in [3.8, 4) is 5.75 Å². The first-order chi connectivity index (χ1) is 13.0. The number of guanidine groups is 1. The van der Waals surface area contributed by atoms with Crippen molar-refractivity contribution in [2.24, 2.45) is 4.99 Å². The molecular weight excluding hydrogens is 463 g/mol. The number of hydrogen-bond donors (Lipinski definition) is 2. The Morgan fingerprint density at radius 1 is 1.14 bits per heavy atom. The first-order valence-corrected chi connectivity index (χ1v) is 10.4. The van der Waals surface area contributed by atoms with Crippen molar-refractivity contribution in [3.63, 3.8) is 0 Å². The minimum absolute atomic E-state index is 0. The van der Waals surface area contributed by atoms with Crippen LogP contribution in [0.5, 0.6) is 5.75 Å². The highest BCUT2D eigenvalue weighted by Crippen LogP contribution is 2.31. The molecule has 1 aliphatic heterocycles. The van der Waals surface area contributed by atoms with Gasteiger partial charge in [0.2, 0.25) is 0 Å². The van der Waals surface area contributed by atoms with E-state index in [0.717, 1.165) is 24.3 Å². The van der Waals surface area contributed by atoms with Crippen LogP contribution in [-0.4, -0.2) is 56.2 Å². The number of rotatable bonds is 6. The van der Waals surface area contributed by atoms with E-state index in [-0.39, 0.29) is 29.4 Å². The summed E-state index contributed by atoms with van der Waals surface area (Å²) >= 11 is 0. The Morgan fingerprint density at radius 2 is 1.82 bits per heavy atom. The molecule has 0 atom stereocenters. The number of aliphatic imine (C=N–C) groups is 1. The number of benzene rings is 1. The largest absolute Gasteiger partial charge is 0.491 e. The van der Waals surface area contributed by atoms with Gasteiger partial charge in [0.25, 0.3) is 0 Å². The summed E-state index contributed by atoms with van der Waals surface area (Å²) in [7, 11) is 1.84. The highest BCUT2D eigenvalue weighted by atomic mass is 127. The number of halogens is 1. The van der Waals surface area contributed by atoms with E-state index in [1.54, 1.807) is 0 Å². The quantitative estimate of drug-likeness (QED) is 0.270. The monoisotopic (exact) mass is 500 g/mol. The van der Waals surface area contributed by atoms with E-state index in [9.17, 15) is 0 Å². The van der Waals surface area contributed by atoms with Gasteiger partial charge in [0, 0.05) is 32.2 Å². The molecule has 1 saturated heterocycles. The fraction of sp³-hybridized carbons (Fsp3) is 0.682. The van der Waals surface area contributed by atoms with E-state index in [0.29, 0.717) is 12.6 Å². The molecule has 1 aromatic rings. The lowest BCUT2D eigenvalue weighted by Gasteiger charge is -2.33. The molecule has 0 spiro atoms. The zero-order chi connectivity index (χ0) is 19.3. The van der Waals surface area contributed by atoms with Crippen LogP contribution >= 0.6 is 24.0 Å². The summed E-state index contributed by atoms with van der Waals surface area (Å²) in [6.07, 6.45) is 5.21. The van der Waals surface area contributed by atoms with Gasteiger partial charge in [0.05, 0.1) is 6.54 Å². The van der Waals surface area contributed by atoms with Crippen LogP contribution in [0.2, 0.25) is 0 Å². The number of nitrogens with zero attached hydrogens (tertiary/aromatic N) is 2. The number of likely N-dealkylation sites (tertiary alicyclic amines) is 1. The molecule has 3 rings (SSSR count). The van der Waals surface area contributed by atoms with Gasteiger partial charge in [-0.05, 0) is 42.7 Å². The average Bonchev–Trinajstić information content (AvgIpc) is 3.49. The predicted molar refractivity (Wildman–Crippen MR) is 128 cm³/mol. The number of para-hydroxylation sites is 1. The standard InChI is InChI=1S/C22H36N4O.HI/c1-22(2,3)19-7-5-6-8-20(19)27-16-13-24-21(23-4)25-17-11-14-26(15-12-17)18-9-10-18;/h5-8,17-18H,9-16H2,1-4H3,(H2,23,24,25);1H. The fourth-order valence-corrected chi connectivity index (χ4v) is 3.78. The lowest BCUT2D eigenvalue weighted by atomic mass is 9.86. The molecular formula is C22H37IN4O. The van der Waals surface area contributed by atoms with Crippen molar-refractivity contribution < 1.29 is 4.74 Å². The Labute approximate surface area is 187 Å². The maximum atomic E-state index is 6.04. The third-order valence-corrected chi connectivity index (χ3v) is 5.50. The Kier molecular flexibility index (Phi) is 8.86. The van der Waals surface area contributed by atoms with Crippen molar-refractivity contribution in [1.82, 2.24) is 15.5 Å². The summed E-state index contributed by atoms with van der Waals surface area (Å²) in [6.45, 7) is 10.4. The third kappa shape index (κ3) is 6.79. The van der Waals surface area contributed by atoms with Gasteiger partial charge in [-0.15, -0.1) is 24.0 Å². The first-order valence-electron chi connectivity index (χ1n) is 10.4. The van der Waals surface area contributed by atoms with Crippen LogP contribution in [0.4, 0.5) is 0 Å². The van der Waals surface area contributed by atoms with Gasteiger partial charge in [0.15, 0.2) is 5.96 Å². The van der Waals surface area contributed by atoms with Crippen LogP contribution in [0.15, 0.2) is 29.3 Å². The molecule has 158 valence electrons. The van der Waals surface area contributed by atoms with E-state index in [2.05, 4.69) is 59.5 Å². The van der Waals surface area contributed by atoms with Crippen LogP contribution in [-0.2, 0) is 5.41 Å². The minimum Gasteiger partial charge on any atom is -0.491 e. The SMILES string of the molecule is CN=C(NCCOc1ccccc1C(C)(C)C)NC1CCN(C2CC2)CC1.I. The van der Waals surface area contributed by atoms with Gasteiger partial charge >= 0.3 is 0 Å². The summed E-state index contributed by atoms with van der Waals surface area (Å²) < 4.78 is 6.04. The van der Waals surface area contributed by atoms with Crippen molar-refractivity contribution in [1.29, 1.82) is 0 Å². The molecule has 0 unspecified atom stereocenters. The zero-order valence-corrected chi connectivity index (χ0v) is 20.2. The van der Waals surface area contributed by atoms with Crippen LogP contribution in [0.3, 0.4) is 0 Å². The maximum Gasteiger partial charge on any atom is 0.191 e. The molecule has 0 aromatic heterocycles. The summed E-state index contributed by atoms with van der Waals surface area (Å²) in [5, 5.41) is 6.97. The smallest absolute Gasteiger partial charge is 0.191 e. The second-order valence-corrected chi connectivity index (χ2v) is 8.78. The summed E-state index contributed by atoms with van der Waals surface area (Å²) in [6, 6.07) is 9.72. The molecule has 2 fully saturated rings. The van der Waals surface area contributed by atoms with Crippen molar-refractivity contribution in [3.05, 3.63) is 29.8 Å². The van der Waals surface area contributed by atoms with Gasteiger partial charge in [-0.2, -0.15) is 0 Å². The number of hydrogen-bond acceptors (Lipinski definition) is 3. The molecule has 1 heterocycles. The zero-order valence-electron chi connectivity index (χ0n) is 17.8. The fourth-order valence-electron chi connectivity index (χ4n) is 3.78. The van der Waals surface area contributed by atoms with E-state index in [4.69, 9.17) is 4.74 Å². The lowest BCUT2D eigenvalue weighted by Crippen LogP contribution is -2.49. The Hall–Kier alpha value is -1.02. The van der Waals surface area contributed by atoms with Crippen LogP contribution in [0.25, 0.3) is 0 Å². The molecule has 6 heteroatoms. The maximum absolute atomic E-state index is 6.04. The van der Waals surface area contributed by atoms with Crippen LogP contribution < -0.4 is 15.4 Å². The van der Waals surface area contributed by atoms with Crippen LogP contribution in [0, 0.1) is 0 Å². The highest BCUT2D eigenvalue weighted by Gasteiger charge is 2.31. The molecule has 5 nitrogen and oxygen atoms in total. The molecule has 0 radical (unpaired) electrons. The number of piperidine rings is 1. The Morgan fingerprint density at radius 3 is 2.43 bits per heavy atom. The molecule has 1 aliphatic carbocycles. The molecule has 2 aliphatic rings. The minimum atomic E-state index is 0. The molecule has 0 bridgehead atoms. The van der Waals surface area contributed by atoms with Gasteiger partial charge in [-0.25, -0.2) is 0 Å². The van der Waals surface area contributed by atoms with E-state index >= 15 is 0 Å². The molecule has 1 aromatic carbocycles. The average molecular weight is 500 g/mol. The van der Waals surface area contributed by atoms with E-state index < -0.39 is 0 Å². The van der Waals surface area contributed by atoms with E-state index in [1.807, 2.05) is 13.1 Å². The topological polar surface area (TPSA) is 48.9 Å². The van der Waals surface area contributed by atoms with E-state index in [1.165, 1.54) is 44.3 Å². The van der Waals surface area contributed by atoms with Crippen molar-refractivity contribution in [2.45, 2.75) is 64.0 Å². The molecule has 28 heavy (non-hydrogen) atoms. The number of ether oxygens (including phenoxy) is 1. The molecule has 2 N–H and O–H groups in total. The van der Waals surface area contributed by atoms with Gasteiger partial charge < -0.3 is 20.3 Å². The highest BCUT2D eigenvalue weighted by molar-refractivity contribution is 14.0. The molecule has 1 saturated carbocycles. The lowest BCUT2D eigenvalue weighted by molar-refractivity contribution is 0.197. The summed E-state index contributed by atoms with van der Waals surface area (Å²) in [4.78, 5) is 7.02. The van der Waals surface area contributed by atoms with Gasteiger partial charge in [0.1, 0.15) is 12.4 Å². The predicted octanol–water partition coefficient (Wildman–Crippen LogP) is 3.77. The van der Waals surface area contributed by atoms with Crippen molar-refractivity contribution in [2.75, 3.05) is 33.3 Å². The molecule has 0 amide bonds. The Bertz CT molecular complexity index is 632. The summed E-state index contributed by atoms with van der Waals surface area (Å²) in [5.74, 6) is 1.86. The van der Waals surface area contributed by atoms with Crippen molar-refractivity contribution >= 4 is 29.9 Å². The van der Waals surface area contributed by atoms with Gasteiger partial charge in [-0.1, -0.05) is 39.0 Å². The first kappa shape index (κ1) is 23.3. The third-order valence-electron chi connectivity index (χ3n) is 5.50. The van der Waals surface area contributed by atoms with Crippen LogP contribution in [0.1, 0.15) is 52.0 Å². The van der Waals surface area contributed by atoms with Gasteiger partial charge in [-0.3, -0.25) is 4.99 Å². The second-order valence-electron chi connectivity index (χ2n) is 8.78. The number of nitrogens with one attached hydrogen (secondary N) is 2. The second kappa shape index (κ2) is 10.7. The Balaban J connectivity index is 0.00000280.